The zero-order chi connectivity index (χ0) is 10.9. The van der Waals surface area contributed by atoms with E-state index in [0.29, 0.717) is 5.33 Å². The maximum absolute atomic E-state index is 11.9. The molecule has 1 heterocycles. The molecule has 0 atom stereocenters. The Morgan fingerprint density at radius 3 is 2.50 bits per heavy atom. The van der Waals surface area contributed by atoms with Crippen molar-refractivity contribution < 1.29 is 0 Å². The second-order valence-electron chi connectivity index (χ2n) is 4.33. The summed E-state index contributed by atoms with van der Waals surface area (Å²) >= 11 is 3.32. The lowest BCUT2D eigenvalue weighted by molar-refractivity contribution is 0.336. The van der Waals surface area contributed by atoms with Crippen molar-refractivity contribution in [3.05, 3.63) is 27.7 Å². The Morgan fingerprint density at radius 2 is 2.07 bits per heavy atom. The standard InChI is InChI=1S/C10H15BrN2O/c1-7-6-12-13(10(2,3)4)9(14)8(7)5-11/h6H,5H2,1-4H3. The molecular weight excluding hydrogens is 244 g/mol. The van der Waals surface area contributed by atoms with Gasteiger partial charge in [-0.1, -0.05) is 15.9 Å². The van der Waals surface area contributed by atoms with E-state index in [1.807, 2.05) is 27.7 Å². The van der Waals surface area contributed by atoms with Crippen LogP contribution in [-0.4, -0.2) is 9.78 Å². The fourth-order valence-corrected chi connectivity index (χ4v) is 1.89. The third-order valence-corrected chi connectivity index (χ3v) is 2.62. The highest BCUT2D eigenvalue weighted by Gasteiger charge is 2.18. The zero-order valence-corrected chi connectivity index (χ0v) is 10.6. The van der Waals surface area contributed by atoms with E-state index in [1.165, 1.54) is 4.68 Å². The van der Waals surface area contributed by atoms with Crippen LogP contribution in [0.15, 0.2) is 11.0 Å². The molecule has 0 unspecified atom stereocenters. The third-order valence-electron chi connectivity index (χ3n) is 2.06. The van der Waals surface area contributed by atoms with E-state index < -0.39 is 0 Å². The van der Waals surface area contributed by atoms with Gasteiger partial charge in [-0.2, -0.15) is 5.10 Å². The molecule has 14 heavy (non-hydrogen) atoms. The smallest absolute Gasteiger partial charge is 0.267 e. The molecule has 0 aliphatic carbocycles. The minimum atomic E-state index is -0.262. The van der Waals surface area contributed by atoms with Crippen LogP contribution < -0.4 is 5.56 Å². The van der Waals surface area contributed by atoms with E-state index in [9.17, 15) is 4.79 Å². The summed E-state index contributed by atoms with van der Waals surface area (Å²) in [5.74, 6) is 0. The van der Waals surface area contributed by atoms with Gasteiger partial charge in [0.1, 0.15) is 0 Å². The largest absolute Gasteiger partial charge is 0.271 e. The van der Waals surface area contributed by atoms with Gasteiger partial charge in [-0.3, -0.25) is 4.79 Å². The predicted octanol–water partition coefficient (Wildman–Crippen LogP) is 2.20. The summed E-state index contributed by atoms with van der Waals surface area (Å²) < 4.78 is 1.52. The molecule has 3 nitrogen and oxygen atoms in total. The molecular formula is C10H15BrN2O. The highest BCUT2D eigenvalue weighted by molar-refractivity contribution is 9.08. The van der Waals surface area contributed by atoms with Gasteiger partial charge < -0.3 is 0 Å². The Labute approximate surface area is 92.3 Å². The van der Waals surface area contributed by atoms with Crippen LogP contribution in [0, 0.1) is 6.92 Å². The van der Waals surface area contributed by atoms with Gasteiger partial charge in [-0.15, -0.1) is 0 Å². The number of hydrogen-bond donors (Lipinski definition) is 0. The monoisotopic (exact) mass is 258 g/mol. The van der Waals surface area contributed by atoms with Crippen molar-refractivity contribution in [3.8, 4) is 0 Å². The second kappa shape index (κ2) is 3.85. The molecule has 0 radical (unpaired) electrons. The first-order valence-corrected chi connectivity index (χ1v) is 5.64. The summed E-state index contributed by atoms with van der Waals surface area (Å²) in [6.07, 6.45) is 1.74. The molecule has 0 amide bonds. The third kappa shape index (κ3) is 2.05. The average Bonchev–Trinajstić information content (AvgIpc) is 2.02. The van der Waals surface area contributed by atoms with Crippen molar-refractivity contribution >= 4 is 15.9 Å². The van der Waals surface area contributed by atoms with Crippen LogP contribution >= 0.6 is 15.9 Å². The minimum Gasteiger partial charge on any atom is -0.267 e. The summed E-state index contributed by atoms with van der Waals surface area (Å²) in [6.45, 7) is 7.80. The average molecular weight is 259 g/mol. The van der Waals surface area contributed by atoms with Crippen LogP contribution in [-0.2, 0) is 10.9 Å². The predicted molar refractivity (Wildman–Crippen MR) is 60.9 cm³/mol. The lowest BCUT2D eigenvalue weighted by atomic mass is 10.1. The van der Waals surface area contributed by atoms with E-state index in [4.69, 9.17) is 0 Å². The van der Waals surface area contributed by atoms with Gasteiger partial charge in [-0.05, 0) is 33.3 Å². The molecule has 0 fully saturated rings. The normalized spacial score (nSPS) is 11.8. The van der Waals surface area contributed by atoms with Gasteiger partial charge in [0.2, 0.25) is 0 Å². The quantitative estimate of drug-likeness (QED) is 0.725. The van der Waals surface area contributed by atoms with Crippen LogP contribution in [0.5, 0.6) is 0 Å². The maximum atomic E-state index is 11.9. The number of halogens is 1. The molecule has 0 saturated heterocycles. The lowest BCUT2D eigenvalue weighted by Crippen LogP contribution is -2.37. The van der Waals surface area contributed by atoms with Crippen molar-refractivity contribution in [2.24, 2.45) is 0 Å². The lowest BCUT2D eigenvalue weighted by Gasteiger charge is -2.21. The molecule has 0 aliphatic rings. The number of hydrogen-bond acceptors (Lipinski definition) is 2. The van der Waals surface area contributed by atoms with Crippen LogP contribution in [0.3, 0.4) is 0 Å². The van der Waals surface area contributed by atoms with Crippen molar-refractivity contribution in [2.75, 3.05) is 0 Å². The Balaban J connectivity index is 3.44. The Bertz CT molecular complexity index is 390. The molecule has 78 valence electrons. The van der Waals surface area contributed by atoms with Gasteiger partial charge in [0.25, 0.3) is 5.56 Å². The summed E-state index contributed by atoms with van der Waals surface area (Å²) in [4.78, 5) is 11.9. The number of alkyl halides is 1. The molecule has 0 aromatic carbocycles. The first-order valence-electron chi connectivity index (χ1n) is 4.52. The molecule has 0 N–H and O–H groups in total. The summed E-state index contributed by atoms with van der Waals surface area (Å²) in [7, 11) is 0. The minimum absolute atomic E-state index is 0.00521. The fraction of sp³-hybridized carbons (Fsp3) is 0.600. The first kappa shape index (κ1) is 11.4. The van der Waals surface area contributed by atoms with E-state index in [2.05, 4.69) is 21.0 Å². The number of rotatable bonds is 1. The number of aromatic nitrogens is 2. The molecule has 0 saturated carbocycles. The van der Waals surface area contributed by atoms with E-state index in [1.54, 1.807) is 6.20 Å². The van der Waals surface area contributed by atoms with E-state index in [0.717, 1.165) is 11.1 Å². The molecule has 4 heteroatoms. The summed E-state index contributed by atoms with van der Waals surface area (Å²) in [6, 6.07) is 0. The SMILES string of the molecule is Cc1cnn(C(C)(C)C)c(=O)c1CBr. The van der Waals surface area contributed by atoms with Crippen molar-refractivity contribution in [1.82, 2.24) is 9.78 Å². The van der Waals surface area contributed by atoms with Crippen LogP contribution in [0.4, 0.5) is 0 Å². The highest BCUT2D eigenvalue weighted by Crippen LogP contribution is 2.11. The molecule has 1 aromatic rings. The Kier molecular flexibility index (Phi) is 3.14. The Hall–Kier alpha value is -0.640. The van der Waals surface area contributed by atoms with Crippen LogP contribution in [0.1, 0.15) is 31.9 Å². The Morgan fingerprint density at radius 1 is 1.50 bits per heavy atom. The van der Waals surface area contributed by atoms with Gasteiger partial charge in [0.05, 0.1) is 11.7 Å². The summed E-state index contributed by atoms with van der Waals surface area (Å²) in [5, 5.41) is 4.72. The van der Waals surface area contributed by atoms with Crippen LogP contribution in [0.25, 0.3) is 0 Å². The molecule has 1 aromatic heterocycles. The number of nitrogens with zero attached hydrogens (tertiary/aromatic N) is 2. The highest BCUT2D eigenvalue weighted by atomic mass is 79.9. The maximum Gasteiger partial charge on any atom is 0.271 e. The van der Waals surface area contributed by atoms with Crippen LogP contribution in [0.2, 0.25) is 0 Å². The van der Waals surface area contributed by atoms with Gasteiger partial charge in [0, 0.05) is 10.9 Å². The first-order chi connectivity index (χ1) is 6.38. The molecule has 1 rings (SSSR count). The van der Waals surface area contributed by atoms with E-state index in [-0.39, 0.29) is 11.1 Å². The zero-order valence-electron chi connectivity index (χ0n) is 8.97. The fourth-order valence-electron chi connectivity index (χ4n) is 1.21. The molecule has 0 spiro atoms. The molecule has 0 aliphatic heterocycles. The second-order valence-corrected chi connectivity index (χ2v) is 4.89. The van der Waals surface area contributed by atoms with Crippen molar-refractivity contribution in [1.29, 1.82) is 0 Å². The summed E-state index contributed by atoms with van der Waals surface area (Å²) in [5.41, 5.74) is 1.46. The van der Waals surface area contributed by atoms with Gasteiger partial charge in [-0.25, -0.2) is 4.68 Å². The van der Waals surface area contributed by atoms with Gasteiger partial charge in [0.15, 0.2) is 0 Å². The van der Waals surface area contributed by atoms with E-state index >= 15 is 0 Å². The van der Waals surface area contributed by atoms with Crippen molar-refractivity contribution in [3.63, 3.8) is 0 Å². The van der Waals surface area contributed by atoms with Gasteiger partial charge >= 0.3 is 0 Å². The number of aryl methyl sites for hydroxylation is 1. The van der Waals surface area contributed by atoms with Crippen molar-refractivity contribution in [2.45, 2.75) is 38.6 Å². The molecule has 0 bridgehead atoms. The topological polar surface area (TPSA) is 34.9 Å².